The van der Waals surface area contributed by atoms with Crippen LogP contribution in [0.25, 0.3) is 11.5 Å². The van der Waals surface area contributed by atoms with Crippen LogP contribution in [0.15, 0.2) is 51.2 Å². The number of nitrogens with zero attached hydrogens (tertiary/aromatic N) is 5. The number of hydrogen-bond acceptors (Lipinski definition) is 9. The van der Waals surface area contributed by atoms with Crippen molar-refractivity contribution in [3.05, 3.63) is 47.6 Å². The molecule has 2 aliphatic heterocycles. The average molecular weight is 483 g/mol. The summed E-state index contributed by atoms with van der Waals surface area (Å²) in [7, 11) is 0. The fourth-order valence-corrected chi connectivity index (χ4v) is 5.60. The Morgan fingerprint density at radius 1 is 1.27 bits per heavy atom. The zero-order valence-electron chi connectivity index (χ0n) is 18.1. The minimum absolute atomic E-state index is 0.0811. The molecule has 4 heterocycles. The molecule has 2 saturated heterocycles. The van der Waals surface area contributed by atoms with Crippen molar-refractivity contribution in [2.24, 2.45) is 11.1 Å². The molecular weight excluding hydrogens is 460 g/mol. The maximum Gasteiger partial charge on any atom is 0.228 e. The number of aromatic nitrogens is 3. The third kappa shape index (κ3) is 4.20. The van der Waals surface area contributed by atoms with Crippen LogP contribution < -0.4 is 10.6 Å². The SMILES string of the molecule is C[C@@H]1OCC2(CCN(c3cnc(Sc4cccc(-c5nc(C#N)co5)c4Cl)cn3)CC2)[C@@H]1N. The van der Waals surface area contributed by atoms with Crippen molar-refractivity contribution in [3.8, 4) is 17.5 Å². The second kappa shape index (κ2) is 8.95. The molecule has 0 bridgehead atoms. The van der Waals surface area contributed by atoms with Crippen LogP contribution >= 0.6 is 23.4 Å². The molecule has 0 saturated carbocycles. The first-order valence-corrected chi connectivity index (χ1v) is 11.9. The van der Waals surface area contributed by atoms with Crippen molar-refractivity contribution in [2.45, 2.75) is 41.8 Å². The Balaban J connectivity index is 1.27. The number of nitriles is 1. The van der Waals surface area contributed by atoms with E-state index in [9.17, 15) is 0 Å². The molecule has 8 nitrogen and oxygen atoms in total. The summed E-state index contributed by atoms with van der Waals surface area (Å²) in [6, 6.07) is 7.61. The largest absolute Gasteiger partial charge is 0.443 e. The highest BCUT2D eigenvalue weighted by Gasteiger charge is 2.47. The van der Waals surface area contributed by atoms with Gasteiger partial charge in [-0.1, -0.05) is 29.4 Å². The van der Waals surface area contributed by atoms with Crippen molar-refractivity contribution in [3.63, 3.8) is 0 Å². The van der Waals surface area contributed by atoms with E-state index in [2.05, 4.69) is 26.8 Å². The molecule has 10 heteroatoms. The minimum atomic E-state index is 0.0811. The lowest BCUT2D eigenvalue weighted by atomic mass is 9.73. The van der Waals surface area contributed by atoms with E-state index in [1.165, 1.54) is 18.0 Å². The van der Waals surface area contributed by atoms with E-state index in [-0.39, 0.29) is 23.3 Å². The topological polar surface area (TPSA) is 114 Å². The first-order chi connectivity index (χ1) is 16.0. The molecule has 5 rings (SSSR count). The second-order valence-electron chi connectivity index (χ2n) is 8.47. The fourth-order valence-electron chi connectivity index (χ4n) is 4.50. The lowest BCUT2D eigenvalue weighted by Crippen LogP contribution is -2.50. The van der Waals surface area contributed by atoms with Gasteiger partial charge in [0.1, 0.15) is 23.2 Å². The number of rotatable bonds is 4. The van der Waals surface area contributed by atoms with Crippen LogP contribution in [0.3, 0.4) is 0 Å². The van der Waals surface area contributed by atoms with Gasteiger partial charge in [0.05, 0.1) is 35.7 Å². The molecule has 1 aromatic carbocycles. The van der Waals surface area contributed by atoms with Crippen molar-refractivity contribution in [1.82, 2.24) is 15.0 Å². The molecule has 3 aromatic rings. The van der Waals surface area contributed by atoms with Crippen molar-refractivity contribution in [1.29, 1.82) is 5.26 Å². The Labute approximate surface area is 201 Å². The first kappa shape index (κ1) is 22.2. The second-order valence-corrected chi connectivity index (χ2v) is 9.91. The molecule has 170 valence electrons. The van der Waals surface area contributed by atoms with E-state index < -0.39 is 0 Å². The van der Waals surface area contributed by atoms with Crippen molar-refractivity contribution >= 4 is 29.2 Å². The highest BCUT2D eigenvalue weighted by atomic mass is 35.5. The Bertz CT molecular complexity index is 1190. The van der Waals surface area contributed by atoms with Crippen molar-refractivity contribution < 1.29 is 9.15 Å². The van der Waals surface area contributed by atoms with Crippen LogP contribution in [0.5, 0.6) is 0 Å². The maximum absolute atomic E-state index is 8.97. The van der Waals surface area contributed by atoms with E-state index in [0.29, 0.717) is 16.5 Å². The average Bonchev–Trinajstić information content (AvgIpc) is 3.43. The van der Waals surface area contributed by atoms with Crippen LogP contribution in [-0.4, -0.2) is 46.8 Å². The number of benzene rings is 1. The van der Waals surface area contributed by atoms with E-state index in [1.54, 1.807) is 18.5 Å². The van der Waals surface area contributed by atoms with Gasteiger partial charge >= 0.3 is 0 Å². The van der Waals surface area contributed by atoms with E-state index in [0.717, 1.165) is 48.3 Å². The van der Waals surface area contributed by atoms with Gasteiger partial charge in [-0.3, -0.25) is 0 Å². The number of oxazole rings is 1. The normalized spacial score (nSPS) is 21.9. The van der Waals surface area contributed by atoms with E-state index in [1.807, 2.05) is 18.2 Å². The summed E-state index contributed by atoms with van der Waals surface area (Å²) in [6.45, 7) is 4.58. The molecule has 2 N–H and O–H groups in total. The highest BCUT2D eigenvalue weighted by Crippen LogP contribution is 2.42. The molecular formula is C23H23ClN6O2S. The van der Waals surface area contributed by atoms with Gasteiger partial charge in [-0.05, 0) is 31.9 Å². The molecule has 1 spiro atoms. The van der Waals surface area contributed by atoms with Gasteiger partial charge in [0, 0.05) is 29.4 Å². The van der Waals surface area contributed by atoms with Crippen LogP contribution in [0.1, 0.15) is 25.5 Å². The molecule has 2 atom stereocenters. The summed E-state index contributed by atoms with van der Waals surface area (Å²) >= 11 is 8.01. The molecule has 2 aromatic heterocycles. The standard InChI is InChI=1S/C23H23ClN6O2S/c1-14-21(26)23(13-32-14)5-7-30(8-6-23)18-10-28-19(11-27-18)33-17-4-2-3-16(20(17)24)22-29-15(9-25)12-31-22/h2-4,10-12,14,21H,5-8,13,26H2,1H3/t14-,21+/m0/s1. The van der Waals surface area contributed by atoms with Crippen LogP contribution in [0, 0.1) is 16.7 Å². The third-order valence-electron chi connectivity index (χ3n) is 6.57. The van der Waals surface area contributed by atoms with Gasteiger partial charge < -0.3 is 19.8 Å². The van der Waals surface area contributed by atoms with Crippen LogP contribution in [0.4, 0.5) is 5.82 Å². The summed E-state index contributed by atoms with van der Waals surface area (Å²) in [4.78, 5) is 16.4. The molecule has 2 aliphatic rings. The highest BCUT2D eigenvalue weighted by molar-refractivity contribution is 7.99. The predicted octanol–water partition coefficient (Wildman–Crippen LogP) is 4.14. The molecule has 0 unspecified atom stereocenters. The van der Waals surface area contributed by atoms with Crippen LogP contribution in [-0.2, 0) is 4.74 Å². The first-order valence-electron chi connectivity index (χ1n) is 10.8. The van der Waals surface area contributed by atoms with Gasteiger partial charge in [-0.15, -0.1) is 0 Å². The maximum atomic E-state index is 8.97. The number of anilines is 1. The smallest absolute Gasteiger partial charge is 0.228 e. The number of piperidine rings is 1. The van der Waals surface area contributed by atoms with E-state index in [4.69, 9.17) is 31.8 Å². The predicted molar refractivity (Wildman–Crippen MR) is 125 cm³/mol. The van der Waals surface area contributed by atoms with Crippen molar-refractivity contribution in [2.75, 3.05) is 24.6 Å². The monoisotopic (exact) mass is 482 g/mol. The van der Waals surface area contributed by atoms with Gasteiger partial charge in [0.25, 0.3) is 0 Å². The summed E-state index contributed by atoms with van der Waals surface area (Å²) in [5, 5.41) is 10.2. The number of halogens is 1. The Kier molecular flexibility index (Phi) is 6.01. The summed E-state index contributed by atoms with van der Waals surface area (Å²) in [5.41, 5.74) is 7.34. The lowest BCUT2D eigenvalue weighted by molar-refractivity contribution is 0.0974. The molecule has 2 fully saturated rings. The lowest BCUT2D eigenvalue weighted by Gasteiger charge is -2.41. The quantitative estimate of drug-likeness (QED) is 0.585. The molecule has 0 amide bonds. The molecule has 33 heavy (non-hydrogen) atoms. The zero-order valence-corrected chi connectivity index (χ0v) is 19.6. The fraction of sp³-hybridized carbons (Fsp3) is 0.391. The van der Waals surface area contributed by atoms with Gasteiger partial charge in [-0.2, -0.15) is 10.2 Å². The number of ether oxygens (including phenoxy) is 1. The number of nitrogens with two attached hydrogens (primary N) is 1. The third-order valence-corrected chi connectivity index (χ3v) is 8.07. The molecule has 0 radical (unpaired) electrons. The Morgan fingerprint density at radius 2 is 2.09 bits per heavy atom. The summed E-state index contributed by atoms with van der Waals surface area (Å²) < 4.78 is 11.2. The Hall–Kier alpha value is -2.64. The minimum Gasteiger partial charge on any atom is -0.443 e. The summed E-state index contributed by atoms with van der Waals surface area (Å²) in [5.74, 6) is 1.17. The van der Waals surface area contributed by atoms with E-state index >= 15 is 0 Å². The summed E-state index contributed by atoms with van der Waals surface area (Å²) in [6.07, 6.45) is 6.99. The van der Waals surface area contributed by atoms with Gasteiger partial charge in [-0.25, -0.2) is 9.97 Å². The number of hydrogen-bond donors (Lipinski definition) is 1. The van der Waals surface area contributed by atoms with Crippen LogP contribution in [0.2, 0.25) is 5.02 Å². The zero-order chi connectivity index (χ0) is 23.0. The Morgan fingerprint density at radius 3 is 2.73 bits per heavy atom. The van der Waals surface area contributed by atoms with Gasteiger partial charge in [0.15, 0.2) is 5.69 Å². The van der Waals surface area contributed by atoms with Gasteiger partial charge in [0.2, 0.25) is 5.89 Å². The molecule has 0 aliphatic carbocycles.